The van der Waals surface area contributed by atoms with Gasteiger partial charge < -0.3 is 4.90 Å². The third-order valence-electron chi connectivity index (χ3n) is 5.22. The van der Waals surface area contributed by atoms with Crippen molar-refractivity contribution in [1.82, 2.24) is 29.9 Å². The maximum absolute atomic E-state index is 9.08. The lowest BCUT2D eigenvalue weighted by atomic mass is 9.99. The first kappa shape index (κ1) is 16.6. The van der Waals surface area contributed by atoms with E-state index in [-0.39, 0.29) is 5.92 Å². The second-order valence-electron chi connectivity index (χ2n) is 7.04. The Hall–Kier alpha value is -3.60. The lowest BCUT2D eigenvalue weighted by molar-refractivity contribution is 0.485. The average molecular weight is 370 g/mol. The van der Waals surface area contributed by atoms with E-state index in [2.05, 4.69) is 37.3 Å². The van der Waals surface area contributed by atoms with Crippen LogP contribution >= 0.6 is 0 Å². The molecular formula is C20H18N8. The summed E-state index contributed by atoms with van der Waals surface area (Å²) in [7, 11) is 0. The number of anilines is 1. The zero-order valence-corrected chi connectivity index (χ0v) is 15.2. The molecule has 1 fully saturated rings. The van der Waals surface area contributed by atoms with Gasteiger partial charge >= 0.3 is 0 Å². The number of hydrogen-bond acceptors (Lipinski definition) is 7. The molecule has 5 rings (SSSR count). The van der Waals surface area contributed by atoms with Crippen molar-refractivity contribution in [3.8, 4) is 6.07 Å². The number of nitriles is 1. The monoisotopic (exact) mass is 370 g/mol. The molecular weight excluding hydrogens is 352 g/mol. The molecule has 0 radical (unpaired) electrons. The Morgan fingerprint density at radius 2 is 2.04 bits per heavy atom. The van der Waals surface area contributed by atoms with Gasteiger partial charge in [0.2, 0.25) is 5.65 Å². The fourth-order valence-corrected chi connectivity index (χ4v) is 3.64. The summed E-state index contributed by atoms with van der Waals surface area (Å²) in [6.45, 7) is 2.20. The lowest BCUT2D eigenvalue weighted by Gasteiger charge is -2.29. The number of nitrogens with zero attached hydrogens (tertiary/aromatic N) is 8. The third-order valence-corrected chi connectivity index (χ3v) is 5.22. The van der Waals surface area contributed by atoms with Gasteiger partial charge in [0.15, 0.2) is 5.65 Å². The van der Waals surface area contributed by atoms with Crippen molar-refractivity contribution in [1.29, 1.82) is 5.26 Å². The van der Waals surface area contributed by atoms with E-state index in [1.54, 1.807) is 17.1 Å². The van der Waals surface area contributed by atoms with Crippen molar-refractivity contribution in [3.63, 3.8) is 0 Å². The summed E-state index contributed by atoms with van der Waals surface area (Å²) in [5, 5.41) is 18.6. The summed E-state index contributed by atoms with van der Waals surface area (Å²) in [5.74, 6) is 0.956. The van der Waals surface area contributed by atoms with Crippen molar-refractivity contribution in [2.75, 3.05) is 18.0 Å². The van der Waals surface area contributed by atoms with E-state index in [0.29, 0.717) is 17.8 Å². The summed E-state index contributed by atoms with van der Waals surface area (Å²) in [6, 6.07) is 12.5. The molecule has 3 aromatic heterocycles. The Balaban J connectivity index is 1.44. The highest BCUT2D eigenvalue weighted by Gasteiger charge is 2.21. The minimum Gasteiger partial charge on any atom is -0.355 e. The highest BCUT2D eigenvalue weighted by atomic mass is 15.5. The summed E-state index contributed by atoms with van der Waals surface area (Å²) in [5.41, 5.74) is 3.29. The Morgan fingerprint density at radius 3 is 2.89 bits per heavy atom. The van der Waals surface area contributed by atoms with E-state index in [1.165, 1.54) is 0 Å². The largest absolute Gasteiger partial charge is 0.355 e. The van der Waals surface area contributed by atoms with E-state index in [1.807, 2.05) is 24.3 Å². The molecule has 1 aliphatic rings. The van der Waals surface area contributed by atoms with E-state index >= 15 is 0 Å². The normalized spacial score (nSPS) is 15.2. The minimum atomic E-state index is 0.141. The molecule has 1 saturated heterocycles. The summed E-state index contributed by atoms with van der Waals surface area (Å²) >= 11 is 0. The standard InChI is InChI=1S/C20H18N8/c21-11-14-5-8-27(9-6-14)18-12-23-19-20(24-18)28(26-25-19)13-15-3-4-17-16(10-15)2-1-7-22-17/h1-4,7,10,12,14H,5-6,8-9,13H2. The molecule has 28 heavy (non-hydrogen) atoms. The molecule has 0 atom stereocenters. The molecule has 0 saturated carbocycles. The van der Waals surface area contributed by atoms with Crippen LogP contribution in [0, 0.1) is 17.2 Å². The SMILES string of the molecule is N#CC1CCN(c2cnc3nnn(Cc4ccc5ncccc5c4)c3n2)CC1. The Labute approximate surface area is 161 Å². The molecule has 0 N–H and O–H groups in total. The molecule has 0 spiro atoms. The van der Waals surface area contributed by atoms with Crippen molar-refractivity contribution in [2.45, 2.75) is 19.4 Å². The van der Waals surface area contributed by atoms with E-state index < -0.39 is 0 Å². The molecule has 138 valence electrons. The lowest BCUT2D eigenvalue weighted by Crippen LogP contribution is -2.33. The first-order valence-corrected chi connectivity index (χ1v) is 9.34. The molecule has 1 aromatic carbocycles. The minimum absolute atomic E-state index is 0.141. The fraction of sp³-hybridized carbons (Fsp3) is 0.300. The van der Waals surface area contributed by atoms with Gasteiger partial charge in [0.1, 0.15) is 5.82 Å². The Kier molecular flexibility index (Phi) is 4.05. The highest BCUT2D eigenvalue weighted by molar-refractivity contribution is 5.79. The second kappa shape index (κ2) is 6.85. The quantitative estimate of drug-likeness (QED) is 0.547. The van der Waals surface area contributed by atoms with Gasteiger partial charge in [-0.2, -0.15) is 5.26 Å². The van der Waals surface area contributed by atoms with E-state index in [0.717, 1.165) is 48.2 Å². The molecule has 8 nitrogen and oxygen atoms in total. The van der Waals surface area contributed by atoms with Gasteiger partial charge in [0, 0.05) is 30.6 Å². The van der Waals surface area contributed by atoms with Gasteiger partial charge in [0.05, 0.1) is 24.3 Å². The van der Waals surface area contributed by atoms with Gasteiger partial charge in [-0.1, -0.05) is 17.3 Å². The summed E-state index contributed by atoms with van der Waals surface area (Å²) < 4.78 is 1.78. The predicted molar refractivity (Wildman–Crippen MR) is 105 cm³/mol. The van der Waals surface area contributed by atoms with Gasteiger partial charge in [-0.05, 0) is 36.6 Å². The second-order valence-corrected chi connectivity index (χ2v) is 7.04. The molecule has 0 amide bonds. The highest BCUT2D eigenvalue weighted by Crippen LogP contribution is 2.22. The van der Waals surface area contributed by atoms with Gasteiger partial charge in [-0.25, -0.2) is 14.6 Å². The third kappa shape index (κ3) is 3.01. The van der Waals surface area contributed by atoms with Crippen LogP contribution in [0.2, 0.25) is 0 Å². The first-order chi connectivity index (χ1) is 13.8. The van der Waals surface area contributed by atoms with Crippen LogP contribution in [0.5, 0.6) is 0 Å². The zero-order chi connectivity index (χ0) is 18.9. The van der Waals surface area contributed by atoms with Crippen LogP contribution in [0.15, 0.2) is 42.7 Å². The number of benzene rings is 1. The van der Waals surface area contributed by atoms with Gasteiger partial charge in [0.25, 0.3) is 0 Å². The van der Waals surface area contributed by atoms with Crippen molar-refractivity contribution in [3.05, 3.63) is 48.3 Å². The van der Waals surface area contributed by atoms with Crippen LogP contribution in [-0.2, 0) is 6.54 Å². The maximum atomic E-state index is 9.08. The fourth-order valence-electron chi connectivity index (χ4n) is 3.64. The molecule has 0 bridgehead atoms. The number of fused-ring (bicyclic) bond motifs is 2. The van der Waals surface area contributed by atoms with Crippen LogP contribution in [0.3, 0.4) is 0 Å². The number of piperidine rings is 1. The summed E-state index contributed by atoms with van der Waals surface area (Å²) in [4.78, 5) is 15.7. The molecule has 1 aliphatic heterocycles. The van der Waals surface area contributed by atoms with Crippen LogP contribution in [0.1, 0.15) is 18.4 Å². The molecule has 4 aromatic rings. The van der Waals surface area contributed by atoms with E-state index in [4.69, 9.17) is 10.2 Å². The average Bonchev–Trinajstić information content (AvgIpc) is 3.16. The smallest absolute Gasteiger partial charge is 0.221 e. The topological polar surface area (TPSA) is 96.4 Å². The van der Waals surface area contributed by atoms with Crippen LogP contribution < -0.4 is 4.90 Å². The molecule has 4 heterocycles. The number of hydrogen-bond donors (Lipinski definition) is 0. The van der Waals surface area contributed by atoms with E-state index in [9.17, 15) is 0 Å². The maximum Gasteiger partial charge on any atom is 0.221 e. The van der Waals surface area contributed by atoms with Crippen LogP contribution in [-0.4, -0.2) is 43.0 Å². The zero-order valence-electron chi connectivity index (χ0n) is 15.2. The number of rotatable bonds is 3. The molecule has 0 unspecified atom stereocenters. The molecule has 8 heteroatoms. The van der Waals surface area contributed by atoms with Crippen molar-refractivity contribution >= 4 is 28.0 Å². The number of aromatic nitrogens is 6. The Bertz CT molecular complexity index is 1180. The van der Waals surface area contributed by atoms with Crippen LogP contribution in [0.4, 0.5) is 5.82 Å². The molecule has 0 aliphatic carbocycles. The first-order valence-electron chi connectivity index (χ1n) is 9.34. The van der Waals surface area contributed by atoms with Crippen LogP contribution in [0.25, 0.3) is 22.2 Å². The van der Waals surface area contributed by atoms with Crippen molar-refractivity contribution in [2.24, 2.45) is 5.92 Å². The Morgan fingerprint density at radius 1 is 1.14 bits per heavy atom. The van der Waals surface area contributed by atoms with Gasteiger partial charge in [-0.3, -0.25) is 4.98 Å². The summed E-state index contributed by atoms with van der Waals surface area (Å²) in [6.07, 6.45) is 5.26. The number of pyridine rings is 1. The predicted octanol–water partition coefficient (Wildman–Crippen LogP) is 2.56. The van der Waals surface area contributed by atoms with Gasteiger partial charge in [-0.15, -0.1) is 5.10 Å². The van der Waals surface area contributed by atoms with Crippen molar-refractivity contribution < 1.29 is 0 Å².